The number of nitrogens with zero attached hydrogens (tertiary/aromatic N) is 3. The Balaban J connectivity index is 1.80. The van der Waals surface area contributed by atoms with Gasteiger partial charge in [-0.15, -0.1) is 0 Å². The highest BCUT2D eigenvalue weighted by molar-refractivity contribution is 9.10. The van der Waals surface area contributed by atoms with Crippen LogP contribution in [0.15, 0.2) is 45.9 Å². The Hall–Kier alpha value is -2.85. The molecule has 138 valence electrons. The number of ether oxygens (including phenoxy) is 2. The summed E-state index contributed by atoms with van der Waals surface area (Å²) in [5.74, 6) is 1.28. The minimum atomic E-state index is 0.00842. The van der Waals surface area contributed by atoms with Crippen molar-refractivity contribution in [2.24, 2.45) is 4.99 Å². The van der Waals surface area contributed by atoms with E-state index in [1.54, 1.807) is 31.3 Å². The van der Waals surface area contributed by atoms with Crippen molar-refractivity contribution in [1.82, 2.24) is 4.90 Å². The van der Waals surface area contributed by atoms with Crippen LogP contribution >= 0.6 is 15.9 Å². The lowest BCUT2D eigenvalue weighted by atomic mass is 10.2. The van der Waals surface area contributed by atoms with Gasteiger partial charge in [0, 0.05) is 16.7 Å². The fourth-order valence-corrected chi connectivity index (χ4v) is 3.40. The highest BCUT2D eigenvalue weighted by atomic mass is 79.9. The first-order valence-electron chi connectivity index (χ1n) is 8.29. The summed E-state index contributed by atoms with van der Waals surface area (Å²) in [6.45, 7) is 0.888. The number of para-hydroxylation sites is 1. The van der Waals surface area contributed by atoms with Crippen molar-refractivity contribution in [3.8, 4) is 17.6 Å². The van der Waals surface area contributed by atoms with Gasteiger partial charge in [-0.3, -0.25) is 9.79 Å². The molecule has 1 heterocycles. The van der Waals surface area contributed by atoms with Gasteiger partial charge in [0.05, 0.1) is 38.4 Å². The second-order valence-corrected chi connectivity index (χ2v) is 6.90. The smallest absolute Gasteiger partial charge is 0.228 e. The Kier molecular flexibility index (Phi) is 5.77. The van der Waals surface area contributed by atoms with E-state index in [2.05, 4.69) is 27.0 Å². The number of amides is 1. The third kappa shape index (κ3) is 4.12. The fourth-order valence-electron chi connectivity index (χ4n) is 2.95. The summed E-state index contributed by atoms with van der Waals surface area (Å²) < 4.78 is 11.3. The number of benzene rings is 2. The predicted octanol–water partition coefficient (Wildman–Crippen LogP) is 3.84. The normalized spacial score (nSPS) is 15.1. The highest BCUT2D eigenvalue weighted by Gasteiger charge is 2.26. The minimum absolute atomic E-state index is 0.00842. The molecule has 0 unspecified atom stereocenters. The quantitative estimate of drug-likeness (QED) is 0.725. The zero-order valence-corrected chi connectivity index (χ0v) is 16.6. The molecule has 2 aromatic rings. The van der Waals surface area contributed by atoms with Crippen molar-refractivity contribution in [3.05, 3.63) is 52.0 Å². The molecule has 6 nitrogen and oxygen atoms in total. The zero-order chi connectivity index (χ0) is 19.4. The summed E-state index contributed by atoms with van der Waals surface area (Å²) in [5.41, 5.74) is 2.73. The maximum absolute atomic E-state index is 12.4. The Labute approximate surface area is 166 Å². The SMILES string of the molecule is COc1ccc(CN2CC(=Nc3c(Br)cccc3C#N)CC2=O)cc1OC. The van der Waals surface area contributed by atoms with E-state index in [0.717, 1.165) is 15.7 Å². The van der Waals surface area contributed by atoms with Gasteiger partial charge in [-0.2, -0.15) is 5.26 Å². The number of likely N-dealkylation sites (tertiary alicyclic amines) is 1. The molecule has 1 amide bonds. The average Bonchev–Trinajstić information content (AvgIpc) is 3.02. The molecule has 0 N–H and O–H groups in total. The largest absolute Gasteiger partial charge is 0.493 e. The fraction of sp³-hybridized carbons (Fsp3) is 0.250. The number of carbonyl (C=O) groups excluding carboxylic acids is 1. The van der Waals surface area contributed by atoms with E-state index in [1.807, 2.05) is 24.3 Å². The van der Waals surface area contributed by atoms with Crippen LogP contribution in [0.3, 0.4) is 0 Å². The third-order valence-corrected chi connectivity index (χ3v) is 4.92. The van der Waals surface area contributed by atoms with Crippen LogP contribution in [0.25, 0.3) is 0 Å². The van der Waals surface area contributed by atoms with E-state index in [1.165, 1.54) is 0 Å². The lowest BCUT2D eigenvalue weighted by Crippen LogP contribution is -2.24. The predicted molar refractivity (Wildman–Crippen MR) is 106 cm³/mol. The maximum atomic E-state index is 12.4. The summed E-state index contributed by atoms with van der Waals surface area (Å²) in [7, 11) is 3.17. The van der Waals surface area contributed by atoms with Crippen LogP contribution in [0.1, 0.15) is 17.5 Å². The molecule has 0 saturated carbocycles. The molecule has 0 bridgehead atoms. The van der Waals surface area contributed by atoms with Gasteiger partial charge >= 0.3 is 0 Å². The van der Waals surface area contributed by atoms with Crippen molar-refractivity contribution in [1.29, 1.82) is 5.26 Å². The molecular formula is C20H18BrN3O3. The Morgan fingerprint density at radius 3 is 2.70 bits per heavy atom. The monoisotopic (exact) mass is 427 g/mol. The number of hydrogen-bond donors (Lipinski definition) is 0. The van der Waals surface area contributed by atoms with Gasteiger partial charge in [-0.25, -0.2) is 0 Å². The van der Waals surface area contributed by atoms with Gasteiger partial charge < -0.3 is 14.4 Å². The second-order valence-electron chi connectivity index (χ2n) is 6.04. The number of nitriles is 1. The topological polar surface area (TPSA) is 74.9 Å². The summed E-state index contributed by atoms with van der Waals surface area (Å²) in [5, 5.41) is 9.27. The van der Waals surface area contributed by atoms with Crippen molar-refractivity contribution in [3.63, 3.8) is 0 Å². The van der Waals surface area contributed by atoms with Gasteiger partial charge in [-0.1, -0.05) is 12.1 Å². The summed E-state index contributed by atoms with van der Waals surface area (Å²) in [6, 6.07) is 13.1. The first-order chi connectivity index (χ1) is 13.0. The molecule has 1 fully saturated rings. The van der Waals surface area contributed by atoms with Crippen molar-refractivity contribution < 1.29 is 14.3 Å². The lowest BCUT2D eigenvalue weighted by molar-refractivity contribution is -0.128. The van der Waals surface area contributed by atoms with E-state index in [9.17, 15) is 10.1 Å². The van der Waals surface area contributed by atoms with Gasteiger partial charge in [0.1, 0.15) is 6.07 Å². The van der Waals surface area contributed by atoms with E-state index in [4.69, 9.17) is 9.47 Å². The van der Waals surface area contributed by atoms with Crippen LogP contribution in [0.4, 0.5) is 5.69 Å². The minimum Gasteiger partial charge on any atom is -0.493 e. The van der Waals surface area contributed by atoms with Gasteiger partial charge in [-0.05, 0) is 45.8 Å². The average molecular weight is 428 g/mol. The van der Waals surface area contributed by atoms with Gasteiger partial charge in [0.2, 0.25) is 5.91 Å². The van der Waals surface area contributed by atoms with Crippen molar-refractivity contribution >= 4 is 33.2 Å². The standard InChI is InChI=1S/C20H18BrN3O3/c1-26-17-7-6-13(8-18(17)27-2)11-24-12-15(9-19(24)25)23-20-14(10-22)4-3-5-16(20)21/h3-8H,9,11-12H2,1-2H3. The molecule has 0 radical (unpaired) electrons. The summed E-state index contributed by atoms with van der Waals surface area (Å²) in [6.07, 6.45) is 0.249. The zero-order valence-electron chi connectivity index (χ0n) is 15.0. The van der Waals surface area contributed by atoms with Crippen LogP contribution in [0, 0.1) is 11.3 Å². The molecule has 0 aromatic heterocycles. The molecule has 1 aliphatic rings. The molecule has 1 saturated heterocycles. The van der Waals surface area contributed by atoms with Gasteiger partial charge in [0.15, 0.2) is 11.5 Å². The molecule has 27 heavy (non-hydrogen) atoms. The molecule has 0 atom stereocenters. The number of hydrogen-bond acceptors (Lipinski definition) is 5. The number of carbonyl (C=O) groups is 1. The molecule has 2 aromatic carbocycles. The molecule has 0 spiro atoms. The molecular weight excluding hydrogens is 410 g/mol. The van der Waals surface area contributed by atoms with Crippen LogP contribution in [0.5, 0.6) is 11.5 Å². The van der Waals surface area contributed by atoms with Crippen LogP contribution in [0.2, 0.25) is 0 Å². The molecule has 7 heteroatoms. The first-order valence-corrected chi connectivity index (χ1v) is 9.08. The lowest BCUT2D eigenvalue weighted by Gasteiger charge is -2.16. The molecule has 0 aliphatic carbocycles. The Morgan fingerprint density at radius 1 is 1.22 bits per heavy atom. The summed E-state index contributed by atoms with van der Waals surface area (Å²) >= 11 is 3.43. The van der Waals surface area contributed by atoms with Gasteiger partial charge in [0.25, 0.3) is 0 Å². The van der Waals surface area contributed by atoms with Crippen LogP contribution in [-0.4, -0.2) is 37.3 Å². The second kappa shape index (κ2) is 8.23. The molecule has 3 rings (SSSR count). The van der Waals surface area contributed by atoms with E-state index >= 15 is 0 Å². The number of rotatable bonds is 5. The van der Waals surface area contributed by atoms with Crippen molar-refractivity contribution in [2.75, 3.05) is 20.8 Å². The first kappa shape index (κ1) is 18.9. The third-order valence-electron chi connectivity index (χ3n) is 4.28. The van der Waals surface area contributed by atoms with E-state index in [-0.39, 0.29) is 12.3 Å². The van der Waals surface area contributed by atoms with E-state index in [0.29, 0.717) is 35.8 Å². The van der Waals surface area contributed by atoms with Crippen LogP contribution < -0.4 is 9.47 Å². The van der Waals surface area contributed by atoms with Crippen LogP contribution in [-0.2, 0) is 11.3 Å². The number of halogens is 1. The Bertz CT molecular complexity index is 950. The molecule has 1 aliphatic heterocycles. The highest BCUT2D eigenvalue weighted by Crippen LogP contribution is 2.31. The number of aliphatic imine (C=N–C) groups is 1. The Morgan fingerprint density at radius 2 is 2.00 bits per heavy atom. The summed E-state index contributed by atoms with van der Waals surface area (Å²) in [4.78, 5) is 18.7. The van der Waals surface area contributed by atoms with Crippen molar-refractivity contribution in [2.45, 2.75) is 13.0 Å². The number of methoxy groups -OCH3 is 2. The maximum Gasteiger partial charge on any atom is 0.228 e. The van der Waals surface area contributed by atoms with E-state index < -0.39 is 0 Å².